The Kier molecular flexibility index (Phi) is 3.06. The Morgan fingerprint density at radius 1 is 1.21 bits per heavy atom. The van der Waals surface area contributed by atoms with E-state index in [1.165, 1.54) is 6.07 Å². The minimum atomic E-state index is -0.739. The quantitative estimate of drug-likeness (QED) is 0.720. The van der Waals surface area contributed by atoms with Crippen molar-refractivity contribution in [3.63, 3.8) is 0 Å². The fourth-order valence-corrected chi connectivity index (χ4v) is 3.17. The van der Waals surface area contributed by atoms with Gasteiger partial charge in [0.05, 0.1) is 11.9 Å². The van der Waals surface area contributed by atoms with Crippen LogP contribution in [0.2, 0.25) is 0 Å². The number of halogens is 2. The number of nitrogens with two attached hydrogens (primary N) is 1. The highest BCUT2D eigenvalue weighted by molar-refractivity contribution is 5.86. The number of nitrogens with one attached hydrogen (secondary N) is 1. The number of aromatic amines is 1. The Morgan fingerprint density at radius 3 is 2.79 bits per heavy atom. The lowest BCUT2D eigenvalue weighted by molar-refractivity contribution is 0.585. The summed E-state index contributed by atoms with van der Waals surface area (Å²) in [6, 6.07) is 5.28. The topological polar surface area (TPSA) is 91.4 Å². The molecule has 0 bridgehead atoms. The third-order valence-corrected chi connectivity index (χ3v) is 4.24. The van der Waals surface area contributed by atoms with Crippen molar-refractivity contribution in [2.24, 2.45) is 0 Å². The number of pyridine rings is 1. The first-order valence-corrected chi connectivity index (χ1v) is 7.30. The summed E-state index contributed by atoms with van der Waals surface area (Å²) in [5.41, 5.74) is 9.58. The van der Waals surface area contributed by atoms with Gasteiger partial charge in [-0.1, -0.05) is 0 Å². The van der Waals surface area contributed by atoms with E-state index < -0.39 is 11.6 Å². The van der Waals surface area contributed by atoms with E-state index >= 15 is 0 Å². The number of hydrogen-bond acceptors (Lipinski definition) is 4. The number of aryl methyl sites for hydroxylation is 1. The summed E-state index contributed by atoms with van der Waals surface area (Å²) in [5.74, 6) is -1.40. The molecule has 0 spiro atoms. The predicted octanol–water partition coefficient (Wildman–Crippen LogP) is 2.97. The average molecular weight is 323 g/mol. The molecule has 0 radical (unpaired) electrons. The summed E-state index contributed by atoms with van der Waals surface area (Å²) >= 11 is 0. The van der Waals surface area contributed by atoms with Crippen molar-refractivity contribution in [2.75, 3.05) is 5.73 Å². The van der Waals surface area contributed by atoms with Crippen LogP contribution in [-0.4, -0.2) is 15.2 Å². The van der Waals surface area contributed by atoms with Crippen molar-refractivity contribution in [3.05, 3.63) is 52.9 Å². The molecule has 0 saturated heterocycles. The predicted molar refractivity (Wildman–Crippen MR) is 83.7 cm³/mol. The number of anilines is 1. The van der Waals surface area contributed by atoms with Crippen LogP contribution < -0.4 is 5.73 Å². The Balaban J connectivity index is 2.09. The molecule has 118 valence electrons. The number of H-pyrrole nitrogens is 1. The van der Waals surface area contributed by atoms with Crippen molar-refractivity contribution in [3.8, 4) is 28.5 Å². The molecule has 24 heavy (non-hydrogen) atoms. The standard InChI is InChI=1S/C17H11F2N5/c18-8-1-2-9(13(19)5-8)15-10-3-4-14-12(7-22-24-14)16(10)23-17(21)11(15)6-20/h1-2,5,7H,3-4H2,(H2,21,23)(H,22,24). The first kappa shape index (κ1) is 14.3. The van der Waals surface area contributed by atoms with Crippen LogP contribution >= 0.6 is 0 Å². The lowest BCUT2D eigenvalue weighted by Crippen LogP contribution is -2.11. The van der Waals surface area contributed by atoms with Crippen LogP contribution in [0.25, 0.3) is 22.4 Å². The van der Waals surface area contributed by atoms with Crippen LogP contribution in [0.3, 0.4) is 0 Å². The number of nitriles is 1. The van der Waals surface area contributed by atoms with E-state index in [0.717, 1.165) is 29.0 Å². The SMILES string of the molecule is N#Cc1c(N)nc2c(c1-c1ccc(F)cc1F)CCc1[nH]ncc1-2. The number of benzene rings is 1. The zero-order valence-electron chi connectivity index (χ0n) is 12.4. The zero-order valence-corrected chi connectivity index (χ0v) is 12.4. The van der Waals surface area contributed by atoms with Gasteiger partial charge in [0.1, 0.15) is 29.1 Å². The van der Waals surface area contributed by atoms with Crippen LogP contribution in [0.4, 0.5) is 14.6 Å². The summed E-state index contributed by atoms with van der Waals surface area (Å²) in [5, 5.41) is 16.4. The molecule has 0 aliphatic heterocycles. The maximum Gasteiger partial charge on any atom is 0.142 e. The van der Waals surface area contributed by atoms with Crippen molar-refractivity contribution in [2.45, 2.75) is 12.8 Å². The van der Waals surface area contributed by atoms with Crippen molar-refractivity contribution in [1.29, 1.82) is 5.26 Å². The van der Waals surface area contributed by atoms with Gasteiger partial charge >= 0.3 is 0 Å². The normalized spacial score (nSPS) is 12.4. The molecule has 2 aromatic heterocycles. The fraction of sp³-hybridized carbons (Fsp3) is 0.118. The second-order valence-electron chi connectivity index (χ2n) is 5.57. The molecule has 0 saturated carbocycles. The Morgan fingerprint density at radius 2 is 2.04 bits per heavy atom. The van der Waals surface area contributed by atoms with Crippen LogP contribution in [0.1, 0.15) is 16.8 Å². The highest BCUT2D eigenvalue weighted by Gasteiger charge is 2.27. The molecule has 3 N–H and O–H groups in total. The number of nitrogens with zero attached hydrogens (tertiary/aromatic N) is 3. The molecular formula is C17H11F2N5. The molecule has 0 unspecified atom stereocenters. The van der Waals surface area contributed by atoms with E-state index in [4.69, 9.17) is 5.73 Å². The maximum absolute atomic E-state index is 14.4. The van der Waals surface area contributed by atoms with Crippen LogP contribution in [0.5, 0.6) is 0 Å². The van der Waals surface area contributed by atoms with E-state index in [-0.39, 0.29) is 16.9 Å². The Bertz CT molecular complexity index is 1020. The molecule has 4 rings (SSSR count). The molecule has 0 atom stereocenters. The lowest BCUT2D eigenvalue weighted by atomic mass is 9.85. The lowest BCUT2D eigenvalue weighted by Gasteiger charge is -2.21. The molecule has 0 fully saturated rings. The average Bonchev–Trinajstić information content (AvgIpc) is 3.03. The third-order valence-electron chi connectivity index (χ3n) is 4.24. The van der Waals surface area contributed by atoms with Crippen molar-refractivity contribution in [1.82, 2.24) is 15.2 Å². The van der Waals surface area contributed by atoms with Gasteiger partial charge in [0.2, 0.25) is 0 Å². The number of nitrogen functional groups attached to an aromatic ring is 1. The zero-order chi connectivity index (χ0) is 16.8. The summed E-state index contributed by atoms with van der Waals surface area (Å²) in [6.07, 6.45) is 2.85. The van der Waals surface area contributed by atoms with Gasteiger partial charge in [0.25, 0.3) is 0 Å². The van der Waals surface area contributed by atoms with Crippen molar-refractivity contribution < 1.29 is 8.78 Å². The molecule has 5 nitrogen and oxygen atoms in total. The number of aromatic nitrogens is 3. The highest BCUT2D eigenvalue weighted by Crippen LogP contribution is 2.41. The Labute approximate surface area is 135 Å². The van der Waals surface area contributed by atoms with Gasteiger partial charge in [-0.05, 0) is 30.5 Å². The second kappa shape index (κ2) is 5.13. The molecule has 0 amide bonds. The van der Waals surface area contributed by atoms with Crippen LogP contribution in [-0.2, 0) is 12.8 Å². The molecule has 7 heteroatoms. The van der Waals surface area contributed by atoms with Gasteiger partial charge in [-0.25, -0.2) is 13.8 Å². The van der Waals surface area contributed by atoms with E-state index in [0.29, 0.717) is 24.1 Å². The smallest absolute Gasteiger partial charge is 0.142 e. The summed E-state index contributed by atoms with van der Waals surface area (Å²) in [6.45, 7) is 0. The van der Waals surface area contributed by atoms with E-state index in [2.05, 4.69) is 15.2 Å². The van der Waals surface area contributed by atoms with E-state index in [9.17, 15) is 14.0 Å². The van der Waals surface area contributed by atoms with Gasteiger partial charge in [0.15, 0.2) is 0 Å². The van der Waals surface area contributed by atoms with Gasteiger partial charge in [-0.2, -0.15) is 10.4 Å². The summed E-state index contributed by atoms with van der Waals surface area (Å²) in [4.78, 5) is 4.33. The summed E-state index contributed by atoms with van der Waals surface area (Å²) < 4.78 is 27.6. The number of rotatable bonds is 1. The largest absolute Gasteiger partial charge is 0.383 e. The first-order chi connectivity index (χ1) is 11.6. The summed E-state index contributed by atoms with van der Waals surface area (Å²) in [7, 11) is 0. The van der Waals surface area contributed by atoms with E-state index in [1.54, 1.807) is 6.20 Å². The maximum atomic E-state index is 14.4. The van der Waals surface area contributed by atoms with Gasteiger partial charge in [0, 0.05) is 28.5 Å². The highest BCUT2D eigenvalue weighted by atomic mass is 19.1. The fourth-order valence-electron chi connectivity index (χ4n) is 3.17. The van der Waals surface area contributed by atoms with Gasteiger partial charge in [-0.3, -0.25) is 5.10 Å². The first-order valence-electron chi connectivity index (χ1n) is 7.30. The van der Waals surface area contributed by atoms with Crippen molar-refractivity contribution >= 4 is 5.82 Å². The molecule has 1 aliphatic rings. The van der Waals surface area contributed by atoms with Crippen LogP contribution in [0.15, 0.2) is 24.4 Å². The molecule has 2 heterocycles. The third kappa shape index (κ3) is 1.97. The molecule has 3 aromatic rings. The number of fused-ring (bicyclic) bond motifs is 3. The monoisotopic (exact) mass is 323 g/mol. The molecule has 1 aliphatic carbocycles. The van der Waals surface area contributed by atoms with Crippen LogP contribution in [0, 0.1) is 23.0 Å². The minimum absolute atomic E-state index is 0.0176. The number of hydrogen-bond donors (Lipinski definition) is 2. The Hall–Kier alpha value is -3.27. The van der Waals surface area contributed by atoms with E-state index in [1.807, 2.05) is 6.07 Å². The minimum Gasteiger partial charge on any atom is -0.383 e. The van der Waals surface area contributed by atoms with Gasteiger partial charge < -0.3 is 5.73 Å². The molecule has 1 aromatic carbocycles. The molecular weight excluding hydrogens is 312 g/mol. The second-order valence-corrected chi connectivity index (χ2v) is 5.57. The van der Waals surface area contributed by atoms with Gasteiger partial charge in [-0.15, -0.1) is 0 Å².